The number of nitrogens with one attached hydrogen (secondary N) is 2. The number of hydrogen-bond donors (Lipinski definition) is 2. The lowest BCUT2D eigenvalue weighted by atomic mass is 9.67. The number of urea groups is 1. The van der Waals surface area contributed by atoms with Crippen molar-refractivity contribution in [1.82, 2.24) is 5.32 Å². The first-order valence-corrected chi connectivity index (χ1v) is 8.77. The smallest absolute Gasteiger partial charge is 0.319 e. The lowest BCUT2D eigenvalue weighted by Gasteiger charge is -2.47. The highest BCUT2D eigenvalue weighted by molar-refractivity contribution is 7.98. The van der Waals surface area contributed by atoms with Gasteiger partial charge in [-0.2, -0.15) is 0 Å². The molecule has 0 unspecified atom stereocenters. The van der Waals surface area contributed by atoms with Crippen LogP contribution in [0.5, 0.6) is 0 Å². The quantitative estimate of drug-likeness (QED) is 0.818. The fraction of sp³-hybridized carbons (Fsp3) is 0.562. The van der Waals surface area contributed by atoms with Crippen molar-refractivity contribution in [1.29, 1.82) is 0 Å². The molecule has 2 amide bonds. The van der Waals surface area contributed by atoms with E-state index < -0.39 is 0 Å². The summed E-state index contributed by atoms with van der Waals surface area (Å²) in [5.41, 5.74) is 0.811. The summed E-state index contributed by atoms with van der Waals surface area (Å²) in [7, 11) is 1.69. The van der Waals surface area contributed by atoms with Gasteiger partial charge in [-0.3, -0.25) is 0 Å². The van der Waals surface area contributed by atoms with E-state index in [-0.39, 0.29) is 24.1 Å². The van der Waals surface area contributed by atoms with Gasteiger partial charge in [-0.1, -0.05) is 6.07 Å². The van der Waals surface area contributed by atoms with Crippen LogP contribution in [0.25, 0.3) is 0 Å². The van der Waals surface area contributed by atoms with Crippen LogP contribution in [-0.4, -0.2) is 44.8 Å². The van der Waals surface area contributed by atoms with Gasteiger partial charge in [-0.15, -0.1) is 11.8 Å². The summed E-state index contributed by atoms with van der Waals surface area (Å²) in [5, 5.41) is 6.01. The fourth-order valence-corrected chi connectivity index (χ4v) is 3.91. The highest BCUT2D eigenvalue weighted by atomic mass is 32.2. The number of hydrogen-bond acceptors (Lipinski definition) is 4. The average molecular weight is 322 g/mol. The van der Waals surface area contributed by atoms with Gasteiger partial charge in [0.1, 0.15) is 0 Å². The molecule has 22 heavy (non-hydrogen) atoms. The van der Waals surface area contributed by atoms with Crippen molar-refractivity contribution in [3.63, 3.8) is 0 Å². The van der Waals surface area contributed by atoms with Gasteiger partial charge >= 0.3 is 6.03 Å². The Hall–Kier alpha value is -1.24. The minimum absolute atomic E-state index is 0.135. The van der Waals surface area contributed by atoms with Crippen molar-refractivity contribution in [3.05, 3.63) is 24.3 Å². The van der Waals surface area contributed by atoms with Crippen molar-refractivity contribution in [2.24, 2.45) is 11.8 Å². The van der Waals surface area contributed by atoms with Crippen molar-refractivity contribution >= 4 is 23.5 Å². The van der Waals surface area contributed by atoms with Crippen LogP contribution < -0.4 is 10.6 Å². The van der Waals surface area contributed by atoms with E-state index in [1.54, 1.807) is 18.9 Å². The number of benzene rings is 1. The van der Waals surface area contributed by atoms with Crippen molar-refractivity contribution in [3.8, 4) is 0 Å². The third kappa shape index (κ3) is 3.09. The van der Waals surface area contributed by atoms with E-state index in [0.717, 1.165) is 23.6 Å². The van der Waals surface area contributed by atoms with Gasteiger partial charge in [-0.05, 0) is 30.9 Å². The van der Waals surface area contributed by atoms with Gasteiger partial charge in [0.2, 0.25) is 0 Å². The summed E-state index contributed by atoms with van der Waals surface area (Å²) in [5.74, 6) is 0.671. The molecule has 2 aliphatic rings. The van der Waals surface area contributed by atoms with Gasteiger partial charge in [0.05, 0.1) is 12.7 Å². The maximum absolute atomic E-state index is 12.2. The van der Waals surface area contributed by atoms with Crippen LogP contribution >= 0.6 is 11.8 Å². The van der Waals surface area contributed by atoms with Gasteiger partial charge in [0.15, 0.2) is 0 Å². The van der Waals surface area contributed by atoms with Gasteiger partial charge in [0.25, 0.3) is 0 Å². The van der Waals surface area contributed by atoms with Crippen LogP contribution in [0.2, 0.25) is 0 Å². The highest BCUT2D eigenvalue weighted by Gasteiger charge is 2.54. The molecule has 1 saturated heterocycles. The molecule has 0 bridgehead atoms. The predicted octanol–water partition coefficient (Wildman–Crippen LogP) is 2.58. The molecule has 5 nitrogen and oxygen atoms in total. The third-order valence-corrected chi connectivity index (χ3v) is 5.24. The Morgan fingerprint density at radius 2 is 2.36 bits per heavy atom. The molecule has 1 heterocycles. The van der Waals surface area contributed by atoms with E-state index in [1.807, 2.05) is 30.5 Å². The second kappa shape index (κ2) is 6.89. The first-order valence-electron chi connectivity index (χ1n) is 7.55. The van der Waals surface area contributed by atoms with Crippen LogP contribution in [0, 0.1) is 11.8 Å². The monoisotopic (exact) mass is 322 g/mol. The second-order valence-electron chi connectivity index (χ2n) is 5.76. The molecule has 6 heteroatoms. The largest absolute Gasteiger partial charge is 0.384 e. The molecule has 1 saturated carbocycles. The minimum Gasteiger partial charge on any atom is -0.384 e. The number of anilines is 1. The molecular formula is C16H22N2O3S. The summed E-state index contributed by atoms with van der Waals surface area (Å²) >= 11 is 1.65. The summed E-state index contributed by atoms with van der Waals surface area (Å²) in [6.45, 7) is 1.40. The minimum atomic E-state index is -0.158. The number of methoxy groups -OCH3 is 1. The Bertz CT molecular complexity index is 540. The van der Waals surface area contributed by atoms with Crippen molar-refractivity contribution in [2.45, 2.75) is 23.5 Å². The summed E-state index contributed by atoms with van der Waals surface area (Å²) in [6.07, 6.45) is 3.27. The van der Waals surface area contributed by atoms with Crippen molar-refractivity contribution in [2.75, 3.05) is 31.9 Å². The molecular weight excluding hydrogens is 300 g/mol. The van der Waals surface area contributed by atoms with Gasteiger partial charge in [0, 0.05) is 42.2 Å². The Kier molecular flexibility index (Phi) is 4.90. The number of thioether (sulfide) groups is 1. The number of fused-ring (bicyclic) bond motifs is 1. The zero-order valence-corrected chi connectivity index (χ0v) is 13.7. The van der Waals surface area contributed by atoms with Gasteiger partial charge < -0.3 is 20.1 Å². The zero-order chi connectivity index (χ0) is 15.5. The maximum Gasteiger partial charge on any atom is 0.319 e. The molecule has 3 rings (SSSR count). The van der Waals surface area contributed by atoms with E-state index in [9.17, 15) is 4.79 Å². The molecule has 4 atom stereocenters. The van der Waals surface area contributed by atoms with Crippen LogP contribution in [-0.2, 0) is 9.47 Å². The summed E-state index contributed by atoms with van der Waals surface area (Å²) < 4.78 is 11.0. The SMILES string of the molecule is COC[C@H]1[C@@H](NC(=O)Nc2cccc(SC)c2)[C@H]2CCO[C@H]21. The number of amides is 2. The first kappa shape index (κ1) is 15.6. The molecule has 2 fully saturated rings. The number of ether oxygens (including phenoxy) is 2. The maximum atomic E-state index is 12.2. The molecule has 1 aliphatic heterocycles. The molecule has 0 spiro atoms. The van der Waals surface area contributed by atoms with Crippen LogP contribution in [0.3, 0.4) is 0 Å². The molecule has 1 aromatic rings. The topological polar surface area (TPSA) is 59.6 Å². The molecule has 0 aromatic heterocycles. The number of carbonyl (C=O) groups excluding carboxylic acids is 1. The Labute approximate surface area is 135 Å². The summed E-state index contributed by atoms with van der Waals surface area (Å²) in [4.78, 5) is 13.4. The Balaban J connectivity index is 1.58. The second-order valence-corrected chi connectivity index (χ2v) is 6.64. The van der Waals surface area contributed by atoms with Crippen LogP contribution in [0.15, 0.2) is 29.2 Å². The fourth-order valence-electron chi connectivity index (χ4n) is 3.45. The molecule has 120 valence electrons. The molecule has 1 aliphatic carbocycles. The normalized spacial score (nSPS) is 29.5. The van der Waals surface area contributed by atoms with Crippen LogP contribution in [0.4, 0.5) is 10.5 Å². The Morgan fingerprint density at radius 1 is 1.50 bits per heavy atom. The van der Waals surface area contributed by atoms with E-state index in [4.69, 9.17) is 9.47 Å². The van der Waals surface area contributed by atoms with E-state index in [2.05, 4.69) is 10.6 Å². The summed E-state index contributed by atoms with van der Waals surface area (Å²) in [6, 6.07) is 7.81. The predicted molar refractivity (Wildman–Crippen MR) is 87.4 cm³/mol. The Morgan fingerprint density at radius 3 is 3.14 bits per heavy atom. The third-order valence-electron chi connectivity index (χ3n) is 4.51. The average Bonchev–Trinajstić information content (AvgIpc) is 2.95. The lowest BCUT2D eigenvalue weighted by Crippen LogP contribution is -2.63. The molecule has 0 radical (unpaired) electrons. The number of carbonyl (C=O) groups is 1. The van der Waals surface area contributed by atoms with Crippen LogP contribution in [0.1, 0.15) is 6.42 Å². The van der Waals surface area contributed by atoms with E-state index in [0.29, 0.717) is 12.5 Å². The van der Waals surface area contributed by atoms with E-state index in [1.165, 1.54) is 0 Å². The first-order chi connectivity index (χ1) is 10.7. The lowest BCUT2D eigenvalue weighted by molar-refractivity contribution is -0.0798. The standard InChI is InChI=1S/C16H22N2O3S/c1-20-9-13-14(12-6-7-21-15(12)13)18-16(19)17-10-4-3-5-11(8-10)22-2/h3-5,8,12-15H,6-7,9H2,1-2H3,(H2,17,18,19)/t12-,13+,14+,15-/m1/s1. The van der Waals surface area contributed by atoms with Gasteiger partial charge in [-0.25, -0.2) is 4.79 Å². The van der Waals surface area contributed by atoms with Crippen molar-refractivity contribution < 1.29 is 14.3 Å². The molecule has 1 aromatic carbocycles. The number of rotatable bonds is 5. The molecule has 2 N–H and O–H groups in total. The highest BCUT2D eigenvalue weighted by Crippen LogP contribution is 2.43. The zero-order valence-electron chi connectivity index (χ0n) is 12.9. The van der Waals surface area contributed by atoms with E-state index >= 15 is 0 Å².